The maximum atomic E-state index is 13.0. The lowest BCUT2D eigenvalue weighted by molar-refractivity contribution is 0.0703. The summed E-state index contributed by atoms with van der Waals surface area (Å²) in [4.78, 5) is 14.9. The van der Waals surface area contributed by atoms with Crippen molar-refractivity contribution in [2.45, 2.75) is 25.2 Å². The number of benzene rings is 2. The van der Waals surface area contributed by atoms with E-state index in [0.29, 0.717) is 17.9 Å². The second kappa shape index (κ2) is 8.52. The first-order valence-electron chi connectivity index (χ1n) is 9.53. The number of amides is 1. The Bertz CT molecular complexity index is 942. The van der Waals surface area contributed by atoms with Gasteiger partial charge in [0.15, 0.2) is 0 Å². The number of nitrogens with zero attached hydrogens (tertiary/aromatic N) is 3. The standard InChI is InChI=1S/C22H23N3O2S/c1-27-19-12-6-5-11-18(19)22(26)25-13-7-10-17(15-25)21-24-23-20(28-21)14-16-8-3-2-4-9-16/h2-6,8-9,11-12,17H,7,10,13-15H2,1H3. The number of rotatable bonds is 5. The molecule has 1 saturated heterocycles. The van der Waals surface area contributed by atoms with E-state index in [4.69, 9.17) is 4.74 Å². The minimum absolute atomic E-state index is 0.0242. The van der Waals surface area contributed by atoms with Gasteiger partial charge in [0.1, 0.15) is 15.8 Å². The first kappa shape index (κ1) is 18.6. The van der Waals surface area contributed by atoms with Crippen molar-refractivity contribution in [3.63, 3.8) is 0 Å². The maximum absolute atomic E-state index is 13.0. The van der Waals surface area contributed by atoms with Gasteiger partial charge in [-0.3, -0.25) is 4.79 Å². The zero-order valence-corrected chi connectivity index (χ0v) is 16.7. The van der Waals surface area contributed by atoms with E-state index in [-0.39, 0.29) is 11.8 Å². The zero-order valence-electron chi connectivity index (χ0n) is 15.9. The van der Waals surface area contributed by atoms with Crippen molar-refractivity contribution < 1.29 is 9.53 Å². The quantitative estimate of drug-likeness (QED) is 0.653. The average molecular weight is 394 g/mol. The first-order valence-corrected chi connectivity index (χ1v) is 10.3. The van der Waals surface area contributed by atoms with E-state index in [1.165, 1.54) is 5.56 Å². The number of piperidine rings is 1. The Morgan fingerprint density at radius 2 is 1.93 bits per heavy atom. The van der Waals surface area contributed by atoms with Crippen LogP contribution in [0.2, 0.25) is 0 Å². The molecular weight excluding hydrogens is 370 g/mol. The van der Waals surface area contributed by atoms with Crippen LogP contribution in [0, 0.1) is 0 Å². The second-order valence-corrected chi connectivity index (χ2v) is 8.08. The van der Waals surface area contributed by atoms with Crippen LogP contribution in [0.15, 0.2) is 54.6 Å². The molecule has 3 aromatic rings. The molecule has 0 N–H and O–H groups in total. The molecule has 6 heteroatoms. The molecule has 1 aliphatic heterocycles. The van der Waals surface area contributed by atoms with E-state index >= 15 is 0 Å². The number of likely N-dealkylation sites (tertiary alicyclic amines) is 1. The normalized spacial score (nSPS) is 16.8. The van der Waals surface area contributed by atoms with E-state index in [0.717, 1.165) is 35.8 Å². The van der Waals surface area contributed by atoms with Gasteiger partial charge in [0, 0.05) is 25.4 Å². The molecular formula is C22H23N3O2S. The van der Waals surface area contributed by atoms with Gasteiger partial charge in [0.25, 0.3) is 5.91 Å². The first-order chi connectivity index (χ1) is 13.7. The molecule has 1 atom stereocenters. The smallest absolute Gasteiger partial charge is 0.257 e. The molecule has 4 rings (SSSR count). The molecule has 5 nitrogen and oxygen atoms in total. The van der Waals surface area contributed by atoms with Crippen LogP contribution in [0.5, 0.6) is 5.75 Å². The fourth-order valence-electron chi connectivity index (χ4n) is 3.63. The van der Waals surface area contributed by atoms with E-state index in [1.807, 2.05) is 47.4 Å². The third-order valence-corrected chi connectivity index (χ3v) is 6.16. The van der Waals surface area contributed by atoms with Crippen molar-refractivity contribution in [1.82, 2.24) is 15.1 Å². The lowest BCUT2D eigenvalue weighted by Gasteiger charge is -2.32. The summed E-state index contributed by atoms with van der Waals surface area (Å²) in [5.41, 5.74) is 1.86. The topological polar surface area (TPSA) is 55.3 Å². The summed E-state index contributed by atoms with van der Waals surface area (Å²) in [6.45, 7) is 1.44. The summed E-state index contributed by atoms with van der Waals surface area (Å²) < 4.78 is 5.36. The predicted molar refractivity (Wildman–Crippen MR) is 110 cm³/mol. The molecule has 0 saturated carbocycles. The van der Waals surface area contributed by atoms with Crippen LogP contribution in [-0.2, 0) is 6.42 Å². The lowest BCUT2D eigenvalue weighted by atomic mass is 9.98. The molecule has 0 bridgehead atoms. The van der Waals surface area contributed by atoms with Gasteiger partial charge < -0.3 is 9.64 Å². The number of methoxy groups -OCH3 is 1. The van der Waals surface area contributed by atoms with Crippen molar-refractivity contribution in [2.75, 3.05) is 20.2 Å². The van der Waals surface area contributed by atoms with E-state index in [1.54, 1.807) is 18.4 Å². The number of para-hydroxylation sites is 1. The maximum Gasteiger partial charge on any atom is 0.257 e. The Morgan fingerprint density at radius 1 is 1.14 bits per heavy atom. The van der Waals surface area contributed by atoms with E-state index in [2.05, 4.69) is 22.3 Å². The Balaban J connectivity index is 1.46. The molecule has 2 heterocycles. The molecule has 0 spiro atoms. The number of hydrogen-bond donors (Lipinski definition) is 0. The molecule has 1 amide bonds. The largest absolute Gasteiger partial charge is 0.496 e. The van der Waals surface area contributed by atoms with E-state index in [9.17, 15) is 4.79 Å². The van der Waals surface area contributed by atoms with Crippen molar-refractivity contribution in [3.05, 3.63) is 75.7 Å². The van der Waals surface area contributed by atoms with Gasteiger partial charge in [0.2, 0.25) is 0 Å². The van der Waals surface area contributed by atoms with Crippen LogP contribution < -0.4 is 4.74 Å². The molecule has 1 aliphatic rings. The zero-order chi connectivity index (χ0) is 19.3. The van der Waals surface area contributed by atoms with Gasteiger partial charge in [-0.05, 0) is 30.5 Å². The van der Waals surface area contributed by atoms with Gasteiger partial charge in [0.05, 0.1) is 12.7 Å². The van der Waals surface area contributed by atoms with Crippen LogP contribution in [0.25, 0.3) is 0 Å². The van der Waals surface area contributed by atoms with Crippen molar-refractivity contribution >= 4 is 17.2 Å². The summed E-state index contributed by atoms with van der Waals surface area (Å²) in [5, 5.41) is 10.9. The number of carbonyl (C=O) groups excluding carboxylic acids is 1. The lowest BCUT2D eigenvalue weighted by Crippen LogP contribution is -2.39. The molecule has 1 fully saturated rings. The fraction of sp³-hybridized carbons (Fsp3) is 0.318. The third kappa shape index (κ3) is 4.07. The Labute approximate surface area is 169 Å². The van der Waals surface area contributed by atoms with Crippen LogP contribution >= 0.6 is 11.3 Å². The molecule has 2 aromatic carbocycles. The highest BCUT2D eigenvalue weighted by molar-refractivity contribution is 7.11. The minimum Gasteiger partial charge on any atom is -0.496 e. The number of ether oxygens (including phenoxy) is 1. The summed E-state index contributed by atoms with van der Waals surface area (Å²) >= 11 is 1.67. The van der Waals surface area contributed by atoms with Crippen molar-refractivity contribution in [3.8, 4) is 5.75 Å². The molecule has 0 radical (unpaired) electrons. The molecule has 28 heavy (non-hydrogen) atoms. The van der Waals surface area contributed by atoms with Crippen molar-refractivity contribution in [1.29, 1.82) is 0 Å². The summed E-state index contributed by atoms with van der Waals surface area (Å²) in [6.07, 6.45) is 2.81. The van der Waals surface area contributed by atoms with Crippen LogP contribution in [-0.4, -0.2) is 41.2 Å². The second-order valence-electron chi connectivity index (χ2n) is 6.99. The Hall–Kier alpha value is -2.73. The Morgan fingerprint density at radius 3 is 2.75 bits per heavy atom. The number of hydrogen-bond acceptors (Lipinski definition) is 5. The van der Waals surface area contributed by atoms with Gasteiger partial charge in [-0.1, -0.05) is 42.5 Å². The molecule has 1 aromatic heterocycles. The highest BCUT2D eigenvalue weighted by atomic mass is 32.1. The summed E-state index contributed by atoms with van der Waals surface area (Å²) in [7, 11) is 1.60. The number of carbonyl (C=O) groups is 1. The molecule has 0 aliphatic carbocycles. The molecule has 1 unspecified atom stereocenters. The summed E-state index contributed by atoms with van der Waals surface area (Å²) in [5.74, 6) is 0.890. The fourth-order valence-corrected chi connectivity index (χ4v) is 4.63. The minimum atomic E-state index is 0.0242. The SMILES string of the molecule is COc1ccccc1C(=O)N1CCCC(c2nnc(Cc3ccccc3)s2)C1. The third-order valence-electron chi connectivity index (χ3n) is 5.08. The van der Waals surface area contributed by atoms with Gasteiger partial charge in [-0.15, -0.1) is 21.5 Å². The monoisotopic (exact) mass is 393 g/mol. The highest BCUT2D eigenvalue weighted by Gasteiger charge is 2.29. The predicted octanol–water partition coefficient (Wildman–Crippen LogP) is 4.16. The average Bonchev–Trinajstić information content (AvgIpc) is 3.22. The Kier molecular flexibility index (Phi) is 5.67. The van der Waals surface area contributed by atoms with Crippen LogP contribution in [0.1, 0.15) is 44.7 Å². The van der Waals surface area contributed by atoms with E-state index < -0.39 is 0 Å². The van der Waals surface area contributed by atoms with Crippen LogP contribution in [0.4, 0.5) is 0 Å². The van der Waals surface area contributed by atoms with Gasteiger partial charge in [-0.25, -0.2) is 0 Å². The van der Waals surface area contributed by atoms with Gasteiger partial charge in [-0.2, -0.15) is 0 Å². The summed E-state index contributed by atoms with van der Waals surface area (Å²) in [6, 6.07) is 17.7. The number of aromatic nitrogens is 2. The van der Waals surface area contributed by atoms with Crippen LogP contribution in [0.3, 0.4) is 0 Å². The van der Waals surface area contributed by atoms with Gasteiger partial charge >= 0.3 is 0 Å². The highest BCUT2D eigenvalue weighted by Crippen LogP contribution is 2.31. The molecule has 144 valence electrons. The van der Waals surface area contributed by atoms with Crippen molar-refractivity contribution in [2.24, 2.45) is 0 Å².